The van der Waals surface area contributed by atoms with Gasteiger partial charge >= 0.3 is 0 Å². The van der Waals surface area contributed by atoms with Gasteiger partial charge in [-0.25, -0.2) is 0 Å². The third-order valence-electron chi connectivity index (χ3n) is 8.05. The quantitative estimate of drug-likeness (QED) is 0.696. The molecule has 3 heteroatoms. The Morgan fingerprint density at radius 2 is 1.96 bits per heavy atom. The highest BCUT2D eigenvalue weighted by Gasteiger charge is 2.66. The topological polar surface area (TPSA) is 54.4 Å². The first kappa shape index (κ1) is 16.1. The van der Waals surface area contributed by atoms with Crippen molar-refractivity contribution in [3.8, 4) is 12.3 Å². The Morgan fingerprint density at radius 3 is 2.67 bits per heavy atom. The molecule has 3 unspecified atom stereocenters. The number of carbonyl (C=O) groups is 2. The van der Waals surface area contributed by atoms with E-state index in [0.717, 1.165) is 25.7 Å². The van der Waals surface area contributed by atoms with Gasteiger partial charge in [-0.1, -0.05) is 25.3 Å². The fraction of sp³-hybridized carbons (Fsp3) is 0.714. The smallest absolute Gasteiger partial charge is 0.155 e. The highest BCUT2D eigenvalue weighted by atomic mass is 16.3. The molecule has 3 saturated carbocycles. The zero-order valence-electron chi connectivity index (χ0n) is 14.6. The van der Waals surface area contributed by atoms with Crippen molar-refractivity contribution in [1.82, 2.24) is 0 Å². The van der Waals surface area contributed by atoms with Gasteiger partial charge in [0.05, 0.1) is 0 Å². The number of Topliss-reactive ketones (excluding diaryl/α,β-unsaturated/α-hetero) is 1. The normalized spacial score (nSPS) is 50.4. The van der Waals surface area contributed by atoms with Crippen molar-refractivity contribution in [1.29, 1.82) is 0 Å². The summed E-state index contributed by atoms with van der Waals surface area (Å²) >= 11 is 0. The molecule has 6 atom stereocenters. The molecule has 0 aromatic rings. The molecule has 4 aliphatic carbocycles. The van der Waals surface area contributed by atoms with Crippen LogP contribution in [0, 0.1) is 40.9 Å². The number of terminal acetylenes is 1. The standard InChI is InChI=1S/C21H26O3/c1-4-21(24)10-8-16-15-6-5-13-11-14(22)7-9-19(13,2)18(15)17(23)12-20(16,21)3/h1,11,15-16,18,24H,5-10,12H2,2-3H3/t15?,16?,18?,19-,20-,21-/m0/s1. The summed E-state index contributed by atoms with van der Waals surface area (Å²) in [6, 6.07) is 0. The van der Waals surface area contributed by atoms with Crippen molar-refractivity contribution in [3.63, 3.8) is 0 Å². The molecular formula is C21H26O3. The second kappa shape index (κ2) is 4.82. The van der Waals surface area contributed by atoms with Crippen molar-refractivity contribution in [2.24, 2.45) is 28.6 Å². The van der Waals surface area contributed by atoms with Gasteiger partial charge in [0.2, 0.25) is 0 Å². The maximum absolute atomic E-state index is 13.2. The first-order valence-corrected chi connectivity index (χ1v) is 9.22. The Kier molecular flexibility index (Phi) is 3.23. The summed E-state index contributed by atoms with van der Waals surface area (Å²) in [6.07, 6.45) is 12.5. The van der Waals surface area contributed by atoms with E-state index in [0.29, 0.717) is 25.2 Å². The molecule has 0 heterocycles. The summed E-state index contributed by atoms with van der Waals surface area (Å²) in [5, 5.41) is 10.9. The van der Waals surface area contributed by atoms with Gasteiger partial charge in [-0.05, 0) is 55.4 Å². The van der Waals surface area contributed by atoms with Crippen LogP contribution in [-0.4, -0.2) is 22.3 Å². The van der Waals surface area contributed by atoms with E-state index in [-0.39, 0.29) is 28.8 Å². The van der Waals surface area contributed by atoms with E-state index in [2.05, 4.69) is 12.8 Å². The molecule has 0 amide bonds. The number of hydrogen-bond acceptors (Lipinski definition) is 3. The van der Waals surface area contributed by atoms with Crippen LogP contribution in [-0.2, 0) is 9.59 Å². The Balaban J connectivity index is 1.77. The monoisotopic (exact) mass is 326 g/mol. The molecule has 4 aliphatic rings. The molecule has 0 aliphatic heterocycles. The molecule has 0 spiro atoms. The molecule has 128 valence electrons. The third kappa shape index (κ3) is 1.78. The summed E-state index contributed by atoms with van der Waals surface area (Å²) in [6.45, 7) is 4.21. The Labute approximate surface area is 143 Å². The van der Waals surface area contributed by atoms with Gasteiger partial charge in [-0.3, -0.25) is 9.59 Å². The Morgan fingerprint density at radius 1 is 1.21 bits per heavy atom. The number of aliphatic hydroxyl groups is 1. The minimum absolute atomic E-state index is 0.0104. The molecule has 0 aromatic carbocycles. The average molecular weight is 326 g/mol. The second-order valence-corrected chi connectivity index (χ2v) is 8.94. The van der Waals surface area contributed by atoms with Crippen LogP contribution in [0.2, 0.25) is 0 Å². The lowest BCUT2D eigenvalue weighted by Gasteiger charge is -2.57. The van der Waals surface area contributed by atoms with Crippen LogP contribution < -0.4 is 0 Å². The minimum Gasteiger partial charge on any atom is -0.377 e. The summed E-state index contributed by atoms with van der Waals surface area (Å²) < 4.78 is 0. The number of carbonyl (C=O) groups excluding carboxylic acids is 2. The number of rotatable bonds is 0. The number of hydrogen-bond donors (Lipinski definition) is 1. The van der Waals surface area contributed by atoms with Gasteiger partial charge in [-0.15, -0.1) is 6.42 Å². The molecular weight excluding hydrogens is 300 g/mol. The molecule has 0 aromatic heterocycles. The zero-order chi connectivity index (χ0) is 17.3. The molecule has 3 nitrogen and oxygen atoms in total. The van der Waals surface area contributed by atoms with Gasteiger partial charge in [0.25, 0.3) is 0 Å². The summed E-state index contributed by atoms with van der Waals surface area (Å²) in [5.74, 6) is 3.65. The van der Waals surface area contributed by atoms with E-state index in [9.17, 15) is 14.7 Å². The Hall–Kier alpha value is -1.40. The summed E-state index contributed by atoms with van der Waals surface area (Å²) in [7, 11) is 0. The van der Waals surface area contributed by atoms with Crippen LogP contribution in [0.1, 0.15) is 58.8 Å². The van der Waals surface area contributed by atoms with E-state index in [1.54, 1.807) is 0 Å². The number of fused-ring (bicyclic) bond motifs is 5. The molecule has 24 heavy (non-hydrogen) atoms. The van der Waals surface area contributed by atoms with Crippen molar-refractivity contribution in [3.05, 3.63) is 11.6 Å². The molecule has 3 fully saturated rings. The lowest BCUT2D eigenvalue weighted by atomic mass is 9.46. The van der Waals surface area contributed by atoms with Crippen molar-refractivity contribution < 1.29 is 14.7 Å². The van der Waals surface area contributed by atoms with Crippen LogP contribution in [0.3, 0.4) is 0 Å². The predicted molar refractivity (Wildman–Crippen MR) is 90.9 cm³/mol. The zero-order valence-corrected chi connectivity index (χ0v) is 14.6. The summed E-state index contributed by atoms with van der Waals surface area (Å²) in [4.78, 5) is 25.1. The lowest BCUT2D eigenvalue weighted by molar-refractivity contribution is -0.153. The first-order chi connectivity index (χ1) is 11.2. The van der Waals surface area contributed by atoms with Crippen LogP contribution in [0.5, 0.6) is 0 Å². The molecule has 1 N–H and O–H groups in total. The summed E-state index contributed by atoms with van der Waals surface area (Å²) in [5.41, 5.74) is -0.645. The van der Waals surface area contributed by atoms with Crippen LogP contribution in [0.15, 0.2) is 11.6 Å². The van der Waals surface area contributed by atoms with Gasteiger partial charge < -0.3 is 5.11 Å². The van der Waals surface area contributed by atoms with E-state index in [4.69, 9.17) is 6.42 Å². The van der Waals surface area contributed by atoms with Crippen LogP contribution in [0.4, 0.5) is 0 Å². The van der Waals surface area contributed by atoms with Crippen molar-refractivity contribution >= 4 is 11.6 Å². The fourth-order valence-electron chi connectivity index (χ4n) is 6.62. The lowest BCUT2D eigenvalue weighted by Crippen LogP contribution is -2.58. The molecule has 0 saturated heterocycles. The van der Waals surface area contributed by atoms with Gasteiger partial charge in [-0.2, -0.15) is 0 Å². The first-order valence-electron chi connectivity index (χ1n) is 9.22. The highest BCUT2D eigenvalue weighted by molar-refractivity contribution is 5.93. The van der Waals surface area contributed by atoms with E-state index < -0.39 is 11.0 Å². The van der Waals surface area contributed by atoms with Crippen molar-refractivity contribution in [2.75, 3.05) is 0 Å². The number of ketones is 2. The van der Waals surface area contributed by atoms with Crippen LogP contribution in [0.25, 0.3) is 0 Å². The van der Waals surface area contributed by atoms with E-state index in [1.807, 2.05) is 13.0 Å². The maximum atomic E-state index is 13.2. The molecule has 0 radical (unpaired) electrons. The maximum Gasteiger partial charge on any atom is 0.155 e. The van der Waals surface area contributed by atoms with Gasteiger partial charge in [0.1, 0.15) is 11.4 Å². The minimum atomic E-state index is -1.15. The van der Waals surface area contributed by atoms with Gasteiger partial charge in [0, 0.05) is 24.2 Å². The van der Waals surface area contributed by atoms with E-state index in [1.165, 1.54) is 5.57 Å². The Bertz CT molecular complexity index is 698. The SMILES string of the molecule is C#C[C@]1(O)CCC2C3CCC4=CC(=O)CC[C@]4(C)C3C(=O)C[C@@]21C. The molecule has 0 bridgehead atoms. The third-order valence-corrected chi connectivity index (χ3v) is 8.05. The highest BCUT2D eigenvalue weighted by Crippen LogP contribution is 2.66. The van der Waals surface area contributed by atoms with Crippen LogP contribution >= 0.6 is 0 Å². The number of allylic oxidation sites excluding steroid dienone is 1. The fourth-order valence-corrected chi connectivity index (χ4v) is 6.62. The van der Waals surface area contributed by atoms with E-state index >= 15 is 0 Å². The second-order valence-electron chi connectivity index (χ2n) is 8.94. The van der Waals surface area contributed by atoms with Gasteiger partial charge in [0.15, 0.2) is 5.78 Å². The van der Waals surface area contributed by atoms with Crippen molar-refractivity contribution in [2.45, 2.75) is 64.4 Å². The predicted octanol–water partition coefficient (Wildman–Crippen LogP) is 3.06. The average Bonchev–Trinajstić information content (AvgIpc) is 2.79. The largest absolute Gasteiger partial charge is 0.377 e. The molecule has 4 rings (SSSR count).